The second-order valence-corrected chi connectivity index (χ2v) is 7.46. The van der Waals surface area contributed by atoms with Crippen molar-refractivity contribution in [2.45, 2.75) is 31.1 Å². The molecule has 1 aromatic heterocycles. The van der Waals surface area contributed by atoms with Gasteiger partial charge >= 0.3 is 6.18 Å². The Kier molecular flexibility index (Phi) is 7.75. The molecule has 3 aromatic rings. The van der Waals surface area contributed by atoms with Crippen molar-refractivity contribution < 1.29 is 26.7 Å². The van der Waals surface area contributed by atoms with Crippen LogP contribution in [0.1, 0.15) is 40.9 Å². The first kappa shape index (κ1) is 24.3. The molecule has 0 aliphatic rings. The number of hydrogen-bond donors (Lipinski definition) is 2. The molecule has 4 nitrogen and oxygen atoms in total. The maximum Gasteiger partial charge on any atom is 0.433 e. The van der Waals surface area contributed by atoms with Crippen LogP contribution in [0.15, 0.2) is 66.9 Å². The van der Waals surface area contributed by atoms with Crippen LogP contribution in [0.5, 0.6) is 0 Å². The van der Waals surface area contributed by atoms with Gasteiger partial charge in [-0.05, 0) is 59.9 Å². The number of alkyl halides is 3. The quantitative estimate of drug-likeness (QED) is 0.456. The summed E-state index contributed by atoms with van der Waals surface area (Å²) in [4.78, 5) is 16.0. The van der Waals surface area contributed by atoms with Gasteiger partial charge in [0.2, 0.25) is 5.91 Å². The number of rotatable bonds is 8. The van der Waals surface area contributed by atoms with Gasteiger partial charge in [-0.15, -0.1) is 0 Å². The fourth-order valence-electron chi connectivity index (χ4n) is 3.44. The molecule has 0 radical (unpaired) electrons. The normalized spacial score (nSPS) is 13.4. The highest BCUT2D eigenvalue weighted by molar-refractivity contribution is 5.83. The second-order valence-electron chi connectivity index (χ2n) is 7.46. The highest BCUT2D eigenvalue weighted by Gasteiger charge is 2.32. The van der Waals surface area contributed by atoms with E-state index in [1.165, 1.54) is 55.6 Å². The molecule has 2 unspecified atom stereocenters. The van der Waals surface area contributed by atoms with Gasteiger partial charge in [0, 0.05) is 19.3 Å². The van der Waals surface area contributed by atoms with Crippen LogP contribution in [0.3, 0.4) is 0 Å². The van der Waals surface area contributed by atoms with Gasteiger partial charge in [0.25, 0.3) is 0 Å². The Hall–Kier alpha value is -3.33. The highest BCUT2D eigenvalue weighted by Crippen LogP contribution is 2.28. The van der Waals surface area contributed by atoms with Crippen LogP contribution in [0, 0.1) is 11.6 Å². The first-order valence-electron chi connectivity index (χ1n) is 10.2. The summed E-state index contributed by atoms with van der Waals surface area (Å²) in [5.41, 5.74) is 0.644. The minimum Gasteiger partial charge on any atom is -0.358 e. The van der Waals surface area contributed by atoms with Gasteiger partial charge < -0.3 is 5.32 Å². The predicted molar refractivity (Wildman–Crippen MR) is 113 cm³/mol. The van der Waals surface area contributed by atoms with Crippen LogP contribution in [-0.2, 0) is 17.4 Å². The molecule has 0 saturated heterocycles. The predicted octanol–water partition coefficient (Wildman–Crippen LogP) is 5.13. The zero-order chi connectivity index (χ0) is 24.0. The number of halogens is 5. The van der Waals surface area contributed by atoms with Crippen molar-refractivity contribution in [1.82, 2.24) is 15.6 Å². The van der Waals surface area contributed by atoms with Crippen LogP contribution >= 0.6 is 0 Å². The van der Waals surface area contributed by atoms with Gasteiger partial charge in [0.1, 0.15) is 23.4 Å². The van der Waals surface area contributed by atoms with Crippen molar-refractivity contribution in [3.8, 4) is 0 Å². The molecule has 0 aliphatic heterocycles. The molecule has 2 atom stereocenters. The van der Waals surface area contributed by atoms with Crippen molar-refractivity contribution in [3.63, 3.8) is 0 Å². The van der Waals surface area contributed by atoms with E-state index in [9.17, 15) is 26.7 Å². The lowest BCUT2D eigenvalue weighted by atomic mass is 9.96. The van der Waals surface area contributed by atoms with E-state index in [0.717, 1.165) is 12.3 Å². The van der Waals surface area contributed by atoms with Gasteiger partial charge in [0.05, 0.1) is 0 Å². The van der Waals surface area contributed by atoms with E-state index in [2.05, 4.69) is 15.6 Å². The Bertz CT molecular complexity index is 1070. The number of benzene rings is 2. The molecule has 0 spiro atoms. The number of carbonyl (C=O) groups excluding carboxylic acids is 1. The molecule has 3 rings (SSSR count). The van der Waals surface area contributed by atoms with Crippen molar-refractivity contribution >= 4 is 5.91 Å². The van der Waals surface area contributed by atoms with Gasteiger partial charge in [-0.25, -0.2) is 8.78 Å². The molecule has 0 bridgehead atoms. The van der Waals surface area contributed by atoms with Crippen LogP contribution in [-0.4, -0.2) is 17.9 Å². The first-order valence-corrected chi connectivity index (χ1v) is 10.2. The number of likely N-dealkylation sites (N-methyl/N-ethyl adjacent to an activating group) is 1. The maximum absolute atomic E-state index is 13.9. The Morgan fingerprint density at radius 3 is 2.27 bits per heavy atom. The first-order chi connectivity index (χ1) is 15.7. The van der Waals surface area contributed by atoms with E-state index < -0.39 is 35.6 Å². The summed E-state index contributed by atoms with van der Waals surface area (Å²) >= 11 is 0. The smallest absolute Gasteiger partial charge is 0.358 e. The molecule has 1 heterocycles. The molecule has 2 aromatic carbocycles. The molecule has 1 amide bonds. The molecule has 33 heavy (non-hydrogen) atoms. The van der Waals surface area contributed by atoms with E-state index in [1.807, 2.05) is 0 Å². The lowest BCUT2D eigenvalue weighted by molar-refractivity contribution is -0.141. The minimum absolute atomic E-state index is 0.323. The molecule has 2 N–H and O–H groups in total. The topological polar surface area (TPSA) is 54.0 Å². The Balaban J connectivity index is 1.85. The number of aryl methyl sites for hydroxylation is 1. The third-order valence-corrected chi connectivity index (χ3v) is 5.17. The number of carbonyl (C=O) groups is 1. The van der Waals surface area contributed by atoms with E-state index in [4.69, 9.17) is 0 Å². The van der Waals surface area contributed by atoms with Gasteiger partial charge in [-0.1, -0.05) is 30.3 Å². The zero-order valence-corrected chi connectivity index (χ0v) is 17.7. The van der Waals surface area contributed by atoms with E-state index in [-0.39, 0.29) is 5.91 Å². The number of pyridine rings is 1. The van der Waals surface area contributed by atoms with E-state index in [0.29, 0.717) is 29.5 Å². The summed E-state index contributed by atoms with van der Waals surface area (Å²) in [6, 6.07) is 12.1. The van der Waals surface area contributed by atoms with Crippen molar-refractivity contribution in [1.29, 1.82) is 0 Å². The summed E-state index contributed by atoms with van der Waals surface area (Å²) in [7, 11) is 1.46. The number of hydrogen-bond acceptors (Lipinski definition) is 3. The van der Waals surface area contributed by atoms with Crippen LogP contribution < -0.4 is 10.6 Å². The Morgan fingerprint density at radius 2 is 1.70 bits per heavy atom. The average Bonchev–Trinajstić information content (AvgIpc) is 2.79. The summed E-state index contributed by atoms with van der Waals surface area (Å²) in [5.74, 6) is -1.29. The number of aromatic nitrogens is 1. The third-order valence-electron chi connectivity index (χ3n) is 5.17. The molecule has 174 valence electrons. The monoisotopic (exact) mass is 463 g/mol. The molecular weight excluding hydrogens is 441 g/mol. The zero-order valence-electron chi connectivity index (χ0n) is 17.7. The average molecular weight is 463 g/mol. The van der Waals surface area contributed by atoms with Gasteiger partial charge in [-0.2, -0.15) is 13.2 Å². The van der Waals surface area contributed by atoms with Crippen molar-refractivity contribution in [3.05, 3.63) is 101 Å². The van der Waals surface area contributed by atoms with Crippen LogP contribution in [0.2, 0.25) is 0 Å². The largest absolute Gasteiger partial charge is 0.433 e. The minimum atomic E-state index is -4.53. The maximum atomic E-state index is 13.9. The third kappa shape index (κ3) is 6.58. The molecule has 0 aliphatic carbocycles. The fraction of sp³-hybridized carbons (Fsp3) is 0.250. The van der Waals surface area contributed by atoms with Crippen molar-refractivity contribution in [2.75, 3.05) is 7.05 Å². The lowest BCUT2D eigenvalue weighted by Gasteiger charge is -2.26. The van der Waals surface area contributed by atoms with Gasteiger partial charge in [0.15, 0.2) is 0 Å². The summed E-state index contributed by atoms with van der Waals surface area (Å²) in [6.45, 7) is 0. The van der Waals surface area contributed by atoms with E-state index in [1.54, 1.807) is 6.07 Å². The summed E-state index contributed by atoms with van der Waals surface area (Å²) in [6.07, 6.45) is -2.71. The van der Waals surface area contributed by atoms with E-state index >= 15 is 0 Å². The molecule has 0 saturated carbocycles. The fourth-order valence-corrected chi connectivity index (χ4v) is 3.44. The number of nitrogens with one attached hydrogen (secondary N) is 2. The van der Waals surface area contributed by atoms with Crippen LogP contribution in [0.25, 0.3) is 0 Å². The SMILES string of the molecule is CNC(=O)C(NC(CCc1ccc(C(F)(F)F)nc1)c1cccc(F)c1)c1ccc(F)cc1. The highest BCUT2D eigenvalue weighted by atomic mass is 19.4. The van der Waals surface area contributed by atoms with Gasteiger partial charge in [-0.3, -0.25) is 15.1 Å². The second kappa shape index (κ2) is 10.5. The summed E-state index contributed by atoms with van der Waals surface area (Å²) < 4.78 is 65.6. The molecule has 0 fully saturated rings. The standard InChI is InChI=1S/C24H22F5N3O/c1-30-23(33)22(16-7-9-18(25)10-8-16)32-20(17-3-2-4-19(26)13-17)11-5-15-6-12-21(31-14-15)24(27,28)29/h2-4,6-10,12-14,20,22,32H,5,11H2,1H3,(H,30,33). The van der Waals surface area contributed by atoms with Crippen molar-refractivity contribution in [2.24, 2.45) is 0 Å². The number of amides is 1. The molecular formula is C24H22F5N3O. The summed E-state index contributed by atoms with van der Waals surface area (Å²) in [5, 5.41) is 5.74. The lowest BCUT2D eigenvalue weighted by Crippen LogP contribution is -2.38. The van der Waals surface area contributed by atoms with Crippen LogP contribution in [0.4, 0.5) is 22.0 Å². The number of nitrogens with zero attached hydrogens (tertiary/aromatic N) is 1. The Labute approximate surface area is 187 Å². The Morgan fingerprint density at radius 1 is 0.970 bits per heavy atom. The molecule has 9 heteroatoms.